The zero-order valence-electron chi connectivity index (χ0n) is 26.4. The van der Waals surface area contributed by atoms with Crippen LogP contribution in [0.15, 0.2) is 108 Å². The normalized spacial score (nSPS) is 11.8. The van der Waals surface area contributed by atoms with Gasteiger partial charge in [-0.15, -0.1) is 0 Å². The first-order valence-corrected chi connectivity index (χ1v) is 17.0. The Hall–Kier alpha value is -6.30. The second-order valence-corrected chi connectivity index (χ2v) is 13.4. The van der Waals surface area contributed by atoms with Gasteiger partial charge in [0.25, 0.3) is 15.9 Å². The van der Waals surface area contributed by atoms with Gasteiger partial charge in [0.05, 0.1) is 27.7 Å². The van der Waals surface area contributed by atoms with E-state index in [9.17, 15) is 32.8 Å². The highest BCUT2D eigenvalue weighted by atomic mass is 35.5. The summed E-state index contributed by atoms with van der Waals surface area (Å²) in [6.45, 7) is 0. The highest BCUT2D eigenvalue weighted by Crippen LogP contribution is 2.35. The van der Waals surface area contributed by atoms with E-state index >= 15 is 8.78 Å². The van der Waals surface area contributed by atoms with Crippen molar-refractivity contribution in [2.24, 2.45) is 0 Å². The van der Waals surface area contributed by atoms with Gasteiger partial charge in [0, 0.05) is 46.4 Å². The molecule has 52 heavy (non-hydrogen) atoms. The molecule has 0 aliphatic carbocycles. The molecule has 10 nitrogen and oxygen atoms in total. The molecule has 6 rings (SSSR count). The predicted molar refractivity (Wildman–Crippen MR) is 186 cm³/mol. The van der Waals surface area contributed by atoms with Crippen LogP contribution in [-0.4, -0.2) is 41.4 Å². The van der Waals surface area contributed by atoms with Crippen LogP contribution >= 0.6 is 11.6 Å². The molecule has 0 fully saturated rings. The average molecular weight is 742 g/mol. The van der Waals surface area contributed by atoms with Gasteiger partial charge in [0.15, 0.2) is 0 Å². The smallest absolute Gasteiger partial charge is 0.326 e. The van der Waals surface area contributed by atoms with Gasteiger partial charge < -0.3 is 10.4 Å². The third-order valence-corrected chi connectivity index (χ3v) is 9.73. The molecule has 15 heteroatoms. The first-order valence-electron chi connectivity index (χ1n) is 15.2. The van der Waals surface area contributed by atoms with Crippen molar-refractivity contribution in [2.45, 2.75) is 17.4 Å². The lowest BCUT2D eigenvalue weighted by molar-refractivity contribution is -0.139. The van der Waals surface area contributed by atoms with Crippen molar-refractivity contribution < 1.29 is 36.3 Å². The fraction of sp³-hybridized carbons (Fsp3) is 0.0541. The molecule has 4 aromatic carbocycles. The molecule has 260 valence electrons. The molecule has 0 aliphatic rings. The van der Waals surface area contributed by atoms with E-state index in [0.717, 1.165) is 6.07 Å². The van der Waals surface area contributed by atoms with Crippen molar-refractivity contribution in [3.8, 4) is 28.3 Å². The molecule has 0 unspecified atom stereocenters. The summed E-state index contributed by atoms with van der Waals surface area (Å²) in [4.78, 5) is 33.0. The fourth-order valence-electron chi connectivity index (χ4n) is 5.55. The quantitative estimate of drug-likeness (QED) is 0.125. The molecule has 3 N–H and O–H groups in total. The monoisotopic (exact) mass is 741 g/mol. The van der Waals surface area contributed by atoms with Crippen LogP contribution in [0.3, 0.4) is 0 Å². The molecule has 2 heterocycles. The van der Waals surface area contributed by atoms with E-state index in [2.05, 4.69) is 20.0 Å². The van der Waals surface area contributed by atoms with Gasteiger partial charge >= 0.3 is 5.97 Å². The summed E-state index contributed by atoms with van der Waals surface area (Å²) >= 11 is 6.44. The SMILES string of the molecule is N#Cc1ccc(-c2ccc(C[C@H](NC(=O)c3c(F)cc(NS(=O)(=O)c4ccc(-c5ccnc(F)c5)cc4)cc3F)C(=O)O)c3cccnc23)c(Cl)c1. The maximum absolute atomic E-state index is 15.2. The molecular weight excluding hydrogens is 719 g/mol. The van der Waals surface area contributed by atoms with Crippen LogP contribution in [-0.2, 0) is 21.2 Å². The molecule has 0 aliphatic heterocycles. The third kappa shape index (κ3) is 7.41. The Kier molecular flexibility index (Phi) is 9.91. The Morgan fingerprint density at radius 3 is 2.23 bits per heavy atom. The van der Waals surface area contributed by atoms with E-state index in [4.69, 9.17) is 11.6 Å². The van der Waals surface area contributed by atoms with Crippen LogP contribution in [0.25, 0.3) is 33.2 Å². The lowest BCUT2D eigenvalue weighted by Gasteiger charge is -2.18. The number of aliphatic carboxylic acids is 1. The lowest BCUT2D eigenvalue weighted by atomic mass is 9.94. The summed E-state index contributed by atoms with van der Waals surface area (Å²) in [6, 6.07) is 20.8. The van der Waals surface area contributed by atoms with Crippen LogP contribution < -0.4 is 10.0 Å². The minimum atomic E-state index is -4.37. The highest BCUT2D eigenvalue weighted by molar-refractivity contribution is 7.92. The van der Waals surface area contributed by atoms with Crippen molar-refractivity contribution in [3.63, 3.8) is 0 Å². The summed E-state index contributed by atoms with van der Waals surface area (Å²) in [7, 11) is -4.37. The number of nitrogens with zero attached hydrogens (tertiary/aromatic N) is 3. The van der Waals surface area contributed by atoms with Gasteiger partial charge in [-0.3, -0.25) is 14.5 Å². The molecule has 0 saturated carbocycles. The topological polar surface area (TPSA) is 162 Å². The number of carbonyl (C=O) groups excluding carboxylic acids is 1. The van der Waals surface area contributed by atoms with Crippen LogP contribution in [0.1, 0.15) is 21.5 Å². The Labute approximate surface area is 299 Å². The largest absolute Gasteiger partial charge is 0.480 e. The standard InChI is InChI=1S/C37H23ClF3N5O5S/c38-29-14-20(19-42)3-9-27(29)28-10-6-23(26-2-1-12-44-35(26)28)15-32(37(48)49)45-36(47)34-30(39)17-24(18-31(34)40)46-52(50,51)25-7-4-21(5-8-25)22-11-13-43-33(41)16-22/h1-14,16-18,32,46H,15H2,(H,45,47)(H,48,49)/t32-/m0/s1. The number of carboxylic acid groups (broad SMARTS) is 1. The number of carboxylic acids is 1. The van der Waals surface area contributed by atoms with E-state index in [1.807, 2.05) is 6.07 Å². The van der Waals surface area contributed by atoms with Gasteiger partial charge in [-0.25, -0.2) is 27.0 Å². The van der Waals surface area contributed by atoms with Crippen LogP contribution in [0.5, 0.6) is 0 Å². The summed E-state index contributed by atoms with van der Waals surface area (Å²) in [5, 5.41) is 22.1. The number of nitriles is 1. The van der Waals surface area contributed by atoms with Crippen molar-refractivity contribution in [2.75, 3.05) is 4.72 Å². The minimum Gasteiger partial charge on any atom is -0.480 e. The predicted octanol–water partition coefficient (Wildman–Crippen LogP) is 7.13. The molecule has 2 aromatic heterocycles. The van der Waals surface area contributed by atoms with Crippen molar-refractivity contribution in [1.29, 1.82) is 5.26 Å². The van der Waals surface area contributed by atoms with E-state index in [1.54, 1.807) is 36.4 Å². The van der Waals surface area contributed by atoms with Gasteiger partial charge in [-0.1, -0.05) is 48.0 Å². The number of carbonyl (C=O) groups is 2. The van der Waals surface area contributed by atoms with Crippen LogP contribution in [0, 0.1) is 28.9 Å². The molecule has 0 bridgehead atoms. The number of pyridine rings is 2. The Morgan fingerprint density at radius 1 is 0.865 bits per heavy atom. The number of rotatable bonds is 10. The minimum absolute atomic E-state index is 0.270. The summed E-state index contributed by atoms with van der Waals surface area (Å²) in [5.74, 6) is -6.50. The molecular formula is C37H23ClF3N5O5S. The van der Waals surface area contributed by atoms with Gasteiger partial charge in [0.2, 0.25) is 5.95 Å². The van der Waals surface area contributed by atoms with E-state index in [1.165, 1.54) is 48.8 Å². The first-order chi connectivity index (χ1) is 24.8. The number of amides is 1. The van der Waals surface area contributed by atoms with E-state index in [-0.39, 0.29) is 11.3 Å². The zero-order chi connectivity index (χ0) is 37.2. The van der Waals surface area contributed by atoms with E-state index < -0.39 is 56.8 Å². The number of halogens is 4. The van der Waals surface area contributed by atoms with Crippen LogP contribution in [0.2, 0.25) is 5.02 Å². The second kappa shape index (κ2) is 14.5. The average Bonchev–Trinajstić information content (AvgIpc) is 3.11. The lowest BCUT2D eigenvalue weighted by Crippen LogP contribution is -2.43. The van der Waals surface area contributed by atoms with Gasteiger partial charge in [0.1, 0.15) is 23.2 Å². The van der Waals surface area contributed by atoms with Crippen LogP contribution in [0.4, 0.5) is 18.9 Å². The number of hydrogen-bond acceptors (Lipinski definition) is 7. The number of benzene rings is 4. The summed E-state index contributed by atoms with van der Waals surface area (Å²) in [5.41, 5.74) is 1.70. The molecule has 0 radical (unpaired) electrons. The Balaban J connectivity index is 1.21. The number of fused-ring (bicyclic) bond motifs is 1. The first kappa shape index (κ1) is 35.5. The Morgan fingerprint density at radius 2 is 1.58 bits per heavy atom. The summed E-state index contributed by atoms with van der Waals surface area (Å²) in [6.07, 6.45) is 2.48. The van der Waals surface area contributed by atoms with Crippen molar-refractivity contribution in [3.05, 3.63) is 143 Å². The molecule has 0 saturated heterocycles. The molecule has 1 atom stereocenters. The number of hydrogen-bond donors (Lipinski definition) is 3. The fourth-order valence-corrected chi connectivity index (χ4v) is 6.87. The number of aromatic nitrogens is 2. The van der Waals surface area contributed by atoms with Gasteiger partial charge in [-0.2, -0.15) is 9.65 Å². The van der Waals surface area contributed by atoms with E-state index in [0.29, 0.717) is 61.4 Å². The number of sulfonamides is 1. The van der Waals surface area contributed by atoms with Gasteiger partial charge in [-0.05, 0) is 65.2 Å². The van der Waals surface area contributed by atoms with Crippen molar-refractivity contribution in [1.82, 2.24) is 15.3 Å². The maximum atomic E-state index is 15.2. The highest BCUT2D eigenvalue weighted by Gasteiger charge is 2.27. The maximum Gasteiger partial charge on any atom is 0.326 e. The molecule has 1 amide bonds. The Bertz CT molecular complexity index is 2520. The summed E-state index contributed by atoms with van der Waals surface area (Å²) < 4.78 is 72.0. The third-order valence-electron chi connectivity index (χ3n) is 8.02. The second-order valence-electron chi connectivity index (χ2n) is 11.4. The zero-order valence-corrected chi connectivity index (χ0v) is 28.0. The molecule has 0 spiro atoms. The number of nitrogens with one attached hydrogen (secondary N) is 2. The number of anilines is 1. The van der Waals surface area contributed by atoms with Crippen molar-refractivity contribution >= 4 is 50.1 Å². The molecule has 6 aromatic rings.